The third kappa shape index (κ3) is 6.33. The number of carbonyl (C=O) groups is 2. The molecular formula is C26H23FN4O3S. The van der Waals surface area contributed by atoms with Crippen LogP contribution in [0.4, 0.5) is 4.39 Å². The van der Waals surface area contributed by atoms with Gasteiger partial charge in [-0.1, -0.05) is 60.3 Å². The lowest BCUT2D eigenvalue weighted by Crippen LogP contribution is -2.31. The van der Waals surface area contributed by atoms with Gasteiger partial charge in [-0.15, -0.1) is 10.2 Å². The van der Waals surface area contributed by atoms with Gasteiger partial charge in [0.25, 0.3) is 5.91 Å². The first kappa shape index (κ1) is 24.2. The van der Waals surface area contributed by atoms with E-state index in [4.69, 9.17) is 4.74 Å². The van der Waals surface area contributed by atoms with Gasteiger partial charge in [0.1, 0.15) is 5.82 Å². The molecule has 0 unspecified atom stereocenters. The predicted octanol–water partition coefficient (Wildman–Crippen LogP) is 4.37. The Hall–Kier alpha value is -3.98. The molecule has 0 aliphatic heterocycles. The van der Waals surface area contributed by atoms with Crippen LogP contribution < -0.4 is 0 Å². The molecule has 0 saturated carbocycles. The minimum absolute atomic E-state index is 0.0515. The molecular weight excluding hydrogens is 467 g/mol. The molecule has 0 aliphatic rings. The first-order valence-electron chi connectivity index (χ1n) is 10.8. The Morgan fingerprint density at radius 1 is 0.943 bits per heavy atom. The number of benzene rings is 3. The summed E-state index contributed by atoms with van der Waals surface area (Å²) in [5.41, 5.74) is 2.47. The van der Waals surface area contributed by atoms with Gasteiger partial charge in [0, 0.05) is 24.8 Å². The number of hydrogen-bond donors (Lipinski definition) is 0. The molecule has 4 aromatic rings. The average molecular weight is 491 g/mol. The highest BCUT2D eigenvalue weighted by atomic mass is 32.2. The van der Waals surface area contributed by atoms with Crippen LogP contribution in [0.1, 0.15) is 5.56 Å². The first-order valence-corrected chi connectivity index (χ1v) is 11.8. The van der Waals surface area contributed by atoms with Crippen molar-refractivity contribution in [3.63, 3.8) is 0 Å². The maximum atomic E-state index is 13.4. The van der Waals surface area contributed by atoms with Crippen LogP contribution in [-0.4, -0.2) is 50.9 Å². The first-order chi connectivity index (χ1) is 17.0. The number of halogens is 1. The molecule has 0 N–H and O–H groups in total. The van der Waals surface area contributed by atoms with Gasteiger partial charge in [-0.2, -0.15) is 0 Å². The second-order valence-electron chi connectivity index (χ2n) is 7.67. The Kier molecular flexibility index (Phi) is 7.89. The molecule has 1 heterocycles. The Morgan fingerprint density at radius 2 is 1.60 bits per heavy atom. The van der Waals surface area contributed by atoms with Crippen LogP contribution >= 0.6 is 11.8 Å². The summed E-state index contributed by atoms with van der Waals surface area (Å²) in [6, 6.07) is 25.0. The van der Waals surface area contributed by atoms with E-state index in [1.165, 1.54) is 17.0 Å². The summed E-state index contributed by atoms with van der Waals surface area (Å²) in [6.45, 7) is 0.0905. The molecule has 0 atom stereocenters. The van der Waals surface area contributed by atoms with Crippen LogP contribution in [-0.2, 0) is 20.9 Å². The second kappa shape index (κ2) is 11.4. The lowest BCUT2D eigenvalue weighted by Gasteiger charge is -2.17. The molecule has 7 nitrogen and oxygen atoms in total. The molecule has 0 bridgehead atoms. The number of para-hydroxylation sites is 1. The summed E-state index contributed by atoms with van der Waals surface area (Å²) in [5, 5.41) is 8.97. The summed E-state index contributed by atoms with van der Waals surface area (Å²) in [4.78, 5) is 26.2. The van der Waals surface area contributed by atoms with Crippen LogP contribution in [0.15, 0.2) is 90.1 Å². The van der Waals surface area contributed by atoms with E-state index in [1.54, 1.807) is 23.7 Å². The summed E-state index contributed by atoms with van der Waals surface area (Å²) < 4.78 is 20.4. The molecule has 0 fully saturated rings. The van der Waals surface area contributed by atoms with Gasteiger partial charge in [0.15, 0.2) is 17.6 Å². The Labute approximate surface area is 206 Å². The van der Waals surface area contributed by atoms with Gasteiger partial charge in [-0.3, -0.25) is 14.2 Å². The number of thioether (sulfide) groups is 1. The largest absolute Gasteiger partial charge is 0.455 e. The van der Waals surface area contributed by atoms with E-state index in [0.717, 1.165) is 23.0 Å². The van der Waals surface area contributed by atoms with Gasteiger partial charge >= 0.3 is 5.97 Å². The Morgan fingerprint density at radius 3 is 2.29 bits per heavy atom. The fourth-order valence-electron chi connectivity index (χ4n) is 3.32. The van der Waals surface area contributed by atoms with E-state index in [-0.39, 0.29) is 24.1 Å². The predicted molar refractivity (Wildman–Crippen MR) is 131 cm³/mol. The SMILES string of the molecule is CN(Cc1ccccc1)C(=O)COC(=O)CSc1nnc(-c2ccc(F)cc2)n1-c1ccccc1. The van der Waals surface area contributed by atoms with Crippen LogP contribution in [0.3, 0.4) is 0 Å². The summed E-state index contributed by atoms with van der Waals surface area (Å²) in [5.74, 6) is -0.712. The van der Waals surface area contributed by atoms with Crippen molar-refractivity contribution in [1.29, 1.82) is 0 Å². The number of esters is 1. The normalized spacial score (nSPS) is 10.7. The zero-order chi connectivity index (χ0) is 24.6. The number of likely N-dealkylation sites (N-methyl/N-ethyl adjacent to an activating group) is 1. The minimum atomic E-state index is -0.539. The molecule has 1 aromatic heterocycles. The molecule has 0 aliphatic carbocycles. The molecule has 0 saturated heterocycles. The van der Waals surface area contributed by atoms with E-state index in [0.29, 0.717) is 23.1 Å². The molecule has 0 radical (unpaired) electrons. The lowest BCUT2D eigenvalue weighted by molar-refractivity contribution is -0.149. The number of amides is 1. The summed E-state index contributed by atoms with van der Waals surface area (Å²) in [6.07, 6.45) is 0. The number of aromatic nitrogens is 3. The third-order valence-corrected chi connectivity index (χ3v) is 6.02. The Bertz CT molecular complexity index is 1280. The van der Waals surface area contributed by atoms with Crippen molar-refractivity contribution in [2.24, 2.45) is 0 Å². The molecule has 178 valence electrons. The average Bonchev–Trinajstić information content (AvgIpc) is 3.31. The van der Waals surface area contributed by atoms with Gasteiger partial charge < -0.3 is 9.64 Å². The number of hydrogen-bond acceptors (Lipinski definition) is 6. The monoisotopic (exact) mass is 490 g/mol. The number of rotatable bonds is 9. The molecule has 3 aromatic carbocycles. The van der Waals surface area contributed by atoms with E-state index in [2.05, 4.69) is 10.2 Å². The smallest absolute Gasteiger partial charge is 0.316 e. The van der Waals surface area contributed by atoms with E-state index in [9.17, 15) is 14.0 Å². The maximum absolute atomic E-state index is 13.4. The fourth-order valence-corrected chi connectivity index (χ4v) is 4.07. The van der Waals surface area contributed by atoms with Crippen molar-refractivity contribution in [3.05, 3.63) is 96.3 Å². The summed E-state index contributed by atoms with van der Waals surface area (Å²) in [7, 11) is 1.66. The van der Waals surface area contributed by atoms with Crippen molar-refractivity contribution in [3.8, 4) is 17.1 Å². The van der Waals surface area contributed by atoms with Gasteiger partial charge in [-0.25, -0.2) is 4.39 Å². The van der Waals surface area contributed by atoms with Crippen LogP contribution in [0.25, 0.3) is 17.1 Å². The van der Waals surface area contributed by atoms with Crippen molar-refractivity contribution in [2.45, 2.75) is 11.7 Å². The summed E-state index contributed by atoms with van der Waals surface area (Å²) >= 11 is 1.15. The number of nitrogens with zero attached hydrogens (tertiary/aromatic N) is 4. The molecule has 0 spiro atoms. The quantitative estimate of drug-likeness (QED) is 0.256. The highest BCUT2D eigenvalue weighted by Crippen LogP contribution is 2.28. The minimum Gasteiger partial charge on any atom is -0.455 e. The highest BCUT2D eigenvalue weighted by Gasteiger charge is 2.18. The second-order valence-corrected chi connectivity index (χ2v) is 8.61. The van der Waals surface area contributed by atoms with Crippen molar-refractivity contribution >= 4 is 23.6 Å². The van der Waals surface area contributed by atoms with Gasteiger partial charge in [-0.05, 0) is 42.0 Å². The number of carbonyl (C=O) groups excluding carboxylic acids is 2. The lowest BCUT2D eigenvalue weighted by atomic mass is 10.2. The fraction of sp³-hybridized carbons (Fsp3) is 0.154. The van der Waals surface area contributed by atoms with E-state index < -0.39 is 5.97 Å². The molecule has 1 amide bonds. The van der Waals surface area contributed by atoms with Crippen molar-refractivity contribution in [1.82, 2.24) is 19.7 Å². The molecule has 35 heavy (non-hydrogen) atoms. The standard InChI is InChI=1S/C26H23FN4O3S/c1-30(16-19-8-4-2-5-9-19)23(32)17-34-24(33)18-35-26-29-28-25(20-12-14-21(27)15-13-20)31(26)22-10-6-3-7-11-22/h2-15H,16-18H2,1H3. The molecule has 9 heteroatoms. The van der Waals surface area contributed by atoms with Crippen LogP contribution in [0.5, 0.6) is 0 Å². The number of ether oxygens (including phenoxy) is 1. The topological polar surface area (TPSA) is 77.3 Å². The maximum Gasteiger partial charge on any atom is 0.316 e. The van der Waals surface area contributed by atoms with Crippen LogP contribution in [0, 0.1) is 5.82 Å². The third-order valence-electron chi connectivity index (χ3n) is 5.11. The van der Waals surface area contributed by atoms with Crippen molar-refractivity contribution in [2.75, 3.05) is 19.4 Å². The Balaban J connectivity index is 1.39. The van der Waals surface area contributed by atoms with Crippen LogP contribution in [0.2, 0.25) is 0 Å². The highest BCUT2D eigenvalue weighted by molar-refractivity contribution is 7.99. The zero-order valence-corrected chi connectivity index (χ0v) is 19.8. The van der Waals surface area contributed by atoms with Gasteiger partial charge in [0.2, 0.25) is 0 Å². The van der Waals surface area contributed by atoms with E-state index in [1.807, 2.05) is 60.7 Å². The van der Waals surface area contributed by atoms with E-state index >= 15 is 0 Å². The zero-order valence-electron chi connectivity index (χ0n) is 19.0. The molecule has 4 rings (SSSR count). The van der Waals surface area contributed by atoms with Gasteiger partial charge in [0.05, 0.1) is 5.75 Å². The van der Waals surface area contributed by atoms with Crippen molar-refractivity contribution < 1.29 is 18.7 Å².